The third kappa shape index (κ3) is 5.67. The number of hydrogen-bond acceptors (Lipinski definition) is 9. The summed E-state index contributed by atoms with van der Waals surface area (Å²) in [4.78, 5) is 40.1. The van der Waals surface area contributed by atoms with Crippen LogP contribution in [0, 0.1) is 16.7 Å². The molecule has 0 saturated heterocycles. The van der Waals surface area contributed by atoms with Gasteiger partial charge >= 0.3 is 5.97 Å². The normalized spacial score (nSPS) is 11.5. The maximum atomic E-state index is 13.1. The summed E-state index contributed by atoms with van der Waals surface area (Å²) in [6, 6.07) is 22.4. The van der Waals surface area contributed by atoms with Crippen LogP contribution in [0.1, 0.15) is 35.4 Å². The fraction of sp³-hybridized carbons (Fsp3) is 0.250. The largest absolute Gasteiger partial charge is 0.468 e. The van der Waals surface area contributed by atoms with Crippen molar-refractivity contribution in [3.05, 3.63) is 108 Å². The Morgan fingerprint density at radius 3 is 1.63 bits per heavy atom. The van der Waals surface area contributed by atoms with Crippen LogP contribution >= 0.6 is 0 Å². The van der Waals surface area contributed by atoms with E-state index in [2.05, 4.69) is 36.0 Å². The third-order valence-corrected chi connectivity index (χ3v) is 7.71. The number of nitriles is 1. The number of benzene rings is 2. The number of methoxy groups -OCH3 is 1. The molecule has 0 fully saturated rings. The second kappa shape index (κ2) is 12.2. The summed E-state index contributed by atoms with van der Waals surface area (Å²) >= 11 is 0. The lowest BCUT2D eigenvalue weighted by atomic mass is 9.79. The summed E-state index contributed by atoms with van der Waals surface area (Å²) in [6.45, 7) is 1.24. The van der Waals surface area contributed by atoms with Crippen LogP contribution in [0.2, 0.25) is 0 Å². The Morgan fingerprint density at radius 1 is 0.744 bits per heavy atom. The minimum atomic E-state index is -1.41. The number of nitrogens with zero attached hydrogens (tertiary/aromatic N) is 9. The topological polar surface area (TPSA) is 137 Å². The Bertz CT molecular complexity index is 1790. The molecule has 11 nitrogen and oxygen atoms in total. The first-order valence-electron chi connectivity index (χ1n) is 14.0. The molecule has 0 bridgehead atoms. The van der Waals surface area contributed by atoms with Crippen LogP contribution in [0.3, 0.4) is 0 Å². The highest BCUT2D eigenvalue weighted by molar-refractivity contribution is 5.80. The molecule has 0 aliphatic rings. The highest BCUT2D eigenvalue weighted by atomic mass is 16.5. The van der Waals surface area contributed by atoms with Crippen LogP contribution in [0.15, 0.2) is 86.0 Å². The van der Waals surface area contributed by atoms with Crippen LogP contribution in [0.5, 0.6) is 0 Å². The average molecular weight is 572 g/mol. The molecule has 214 valence electrons. The van der Waals surface area contributed by atoms with Crippen molar-refractivity contribution in [1.82, 2.24) is 39.0 Å². The van der Waals surface area contributed by atoms with Gasteiger partial charge in [0.25, 0.3) is 0 Å². The molecule has 0 N–H and O–H groups in total. The van der Waals surface area contributed by atoms with Crippen molar-refractivity contribution in [3.8, 4) is 6.07 Å². The van der Waals surface area contributed by atoms with Crippen LogP contribution in [0.25, 0.3) is 22.3 Å². The first kappa shape index (κ1) is 27.7. The lowest BCUT2D eigenvalue weighted by Gasteiger charge is -2.23. The maximum Gasteiger partial charge on any atom is 0.326 e. The van der Waals surface area contributed by atoms with E-state index in [4.69, 9.17) is 4.74 Å². The number of rotatable bonds is 11. The third-order valence-electron chi connectivity index (χ3n) is 7.71. The van der Waals surface area contributed by atoms with Gasteiger partial charge in [-0.1, -0.05) is 60.7 Å². The molecule has 0 saturated carbocycles. The van der Waals surface area contributed by atoms with Gasteiger partial charge in [-0.05, 0) is 36.8 Å². The predicted molar refractivity (Wildman–Crippen MR) is 158 cm³/mol. The number of carbonyl (C=O) groups excluding carboxylic acids is 1. The van der Waals surface area contributed by atoms with Gasteiger partial charge in [0.15, 0.2) is 16.7 Å². The van der Waals surface area contributed by atoms with Gasteiger partial charge in [0.05, 0.1) is 50.3 Å². The summed E-state index contributed by atoms with van der Waals surface area (Å²) in [6.07, 6.45) is 7.56. The Morgan fingerprint density at radius 2 is 1.21 bits per heavy atom. The molecular formula is C32H29N9O2. The van der Waals surface area contributed by atoms with Crippen molar-refractivity contribution in [2.45, 2.75) is 38.8 Å². The highest BCUT2D eigenvalue weighted by Crippen LogP contribution is 2.32. The van der Waals surface area contributed by atoms with E-state index in [1.54, 1.807) is 12.7 Å². The van der Waals surface area contributed by atoms with Gasteiger partial charge in [0.2, 0.25) is 0 Å². The number of imidazole rings is 2. The zero-order chi connectivity index (χ0) is 29.6. The standard InChI is InChI=1S/C32H29N9O2/c1-43-31(42)32(18-33,14-12-25-27-29(36-19-34-25)40(21-38-27)16-23-8-4-2-5-9-23)15-13-26-28-30(37-20-35-26)41(22-39-28)17-24-10-6-3-7-11-24/h2-11,19-22H,12-17H2,1H3. The number of esters is 1. The van der Waals surface area contributed by atoms with Crippen molar-refractivity contribution in [2.24, 2.45) is 5.41 Å². The van der Waals surface area contributed by atoms with Gasteiger partial charge in [-0.2, -0.15) is 5.26 Å². The van der Waals surface area contributed by atoms with Crippen LogP contribution in [-0.4, -0.2) is 52.1 Å². The minimum Gasteiger partial charge on any atom is -0.468 e. The molecule has 43 heavy (non-hydrogen) atoms. The molecule has 0 atom stereocenters. The molecular weight excluding hydrogens is 542 g/mol. The Kier molecular flexibility index (Phi) is 7.82. The Balaban J connectivity index is 1.22. The van der Waals surface area contributed by atoms with E-state index in [1.165, 1.54) is 19.8 Å². The van der Waals surface area contributed by atoms with Crippen LogP contribution in [-0.2, 0) is 35.5 Å². The van der Waals surface area contributed by atoms with Gasteiger partial charge in [-0.3, -0.25) is 4.79 Å². The first-order valence-corrected chi connectivity index (χ1v) is 14.0. The van der Waals surface area contributed by atoms with Gasteiger partial charge in [0.1, 0.15) is 23.7 Å². The zero-order valence-corrected chi connectivity index (χ0v) is 23.7. The number of aromatic nitrogens is 8. The van der Waals surface area contributed by atoms with Crippen molar-refractivity contribution in [3.63, 3.8) is 0 Å². The molecule has 0 aliphatic carbocycles. The molecule has 0 radical (unpaired) electrons. The van der Waals surface area contributed by atoms with E-state index in [0.29, 0.717) is 59.6 Å². The number of ether oxygens (including phenoxy) is 1. The van der Waals surface area contributed by atoms with Gasteiger partial charge in [-0.25, -0.2) is 29.9 Å². The fourth-order valence-corrected chi connectivity index (χ4v) is 5.36. The molecule has 6 aromatic rings. The van der Waals surface area contributed by atoms with Crippen molar-refractivity contribution in [2.75, 3.05) is 7.11 Å². The first-order chi connectivity index (χ1) is 21.1. The minimum absolute atomic E-state index is 0.199. The van der Waals surface area contributed by atoms with Gasteiger partial charge in [0, 0.05) is 0 Å². The summed E-state index contributed by atoms with van der Waals surface area (Å²) in [5.41, 5.74) is 4.87. The Labute approximate surface area is 247 Å². The lowest BCUT2D eigenvalue weighted by molar-refractivity contribution is -0.150. The molecule has 0 aliphatic heterocycles. The van der Waals surface area contributed by atoms with Crippen molar-refractivity contribution < 1.29 is 9.53 Å². The maximum absolute atomic E-state index is 13.1. The second-order valence-corrected chi connectivity index (χ2v) is 10.4. The summed E-state index contributed by atoms with van der Waals surface area (Å²) in [7, 11) is 1.30. The molecule has 6 rings (SSSR count). The van der Waals surface area contributed by atoms with Gasteiger partial charge in [-0.15, -0.1) is 0 Å². The summed E-state index contributed by atoms with van der Waals surface area (Å²) in [5, 5.41) is 10.3. The quantitative estimate of drug-likeness (QED) is 0.208. The molecule has 2 aromatic carbocycles. The smallest absolute Gasteiger partial charge is 0.326 e. The monoisotopic (exact) mass is 571 g/mol. The summed E-state index contributed by atoms with van der Waals surface area (Å²) in [5.74, 6) is -0.588. The number of carbonyl (C=O) groups is 1. The molecule has 4 heterocycles. The van der Waals surface area contributed by atoms with E-state index in [-0.39, 0.29) is 12.8 Å². The number of aryl methyl sites for hydroxylation is 2. The molecule has 4 aromatic heterocycles. The second-order valence-electron chi connectivity index (χ2n) is 10.4. The SMILES string of the molecule is COC(=O)C(C#N)(CCc1ncnc2c1ncn2Cc1ccccc1)CCc1ncnc2c1ncn2Cc1ccccc1. The Hall–Kier alpha value is -5.50. The van der Waals surface area contributed by atoms with Crippen LogP contribution < -0.4 is 0 Å². The van der Waals surface area contributed by atoms with Crippen LogP contribution in [0.4, 0.5) is 0 Å². The number of hydrogen-bond donors (Lipinski definition) is 0. The van der Waals surface area contributed by atoms with E-state index in [9.17, 15) is 10.1 Å². The molecule has 11 heteroatoms. The molecule has 0 unspecified atom stereocenters. The number of fused-ring (bicyclic) bond motifs is 2. The van der Waals surface area contributed by atoms with Crippen molar-refractivity contribution >= 4 is 28.3 Å². The lowest BCUT2D eigenvalue weighted by Crippen LogP contribution is -2.32. The highest BCUT2D eigenvalue weighted by Gasteiger charge is 2.40. The average Bonchev–Trinajstić information content (AvgIpc) is 3.66. The molecule has 0 amide bonds. The van der Waals surface area contributed by atoms with Crippen molar-refractivity contribution in [1.29, 1.82) is 5.26 Å². The van der Waals surface area contributed by atoms with Gasteiger partial charge < -0.3 is 13.9 Å². The van der Waals surface area contributed by atoms with E-state index >= 15 is 0 Å². The fourth-order valence-electron chi connectivity index (χ4n) is 5.36. The van der Waals surface area contributed by atoms with E-state index in [1.807, 2.05) is 69.8 Å². The zero-order valence-electron chi connectivity index (χ0n) is 23.7. The summed E-state index contributed by atoms with van der Waals surface area (Å²) < 4.78 is 9.06. The van der Waals surface area contributed by atoms with E-state index < -0.39 is 11.4 Å². The predicted octanol–water partition coefficient (Wildman–Crippen LogP) is 4.31. The molecule has 0 spiro atoms. The van der Waals surface area contributed by atoms with E-state index in [0.717, 1.165) is 11.1 Å².